The topological polar surface area (TPSA) is 91.1 Å². The largest absolute Gasteiger partial charge is 0.359 e. The second-order valence-electron chi connectivity index (χ2n) is 4.57. The van der Waals surface area contributed by atoms with E-state index in [0.29, 0.717) is 0 Å². The number of H-pyrrole nitrogens is 1. The van der Waals surface area contributed by atoms with E-state index >= 15 is 0 Å². The van der Waals surface area contributed by atoms with E-state index in [4.69, 9.17) is 0 Å². The number of carbonyl (C=O) groups excluding carboxylic acids is 2. The molecule has 1 aromatic rings. The molecule has 6 heteroatoms. The van der Waals surface area contributed by atoms with Gasteiger partial charge in [0.15, 0.2) is 0 Å². The summed E-state index contributed by atoms with van der Waals surface area (Å²) in [6.45, 7) is 3.63. The first-order chi connectivity index (χ1) is 8.36. The van der Waals surface area contributed by atoms with Crippen LogP contribution in [0.1, 0.15) is 24.3 Å². The summed E-state index contributed by atoms with van der Waals surface area (Å²) in [6, 6.07) is 4.33. The van der Waals surface area contributed by atoms with Crippen LogP contribution in [-0.2, 0) is 4.79 Å². The van der Waals surface area contributed by atoms with Gasteiger partial charge in [-0.2, -0.15) is 0 Å². The average Bonchev–Trinajstić information content (AvgIpc) is 2.35. The second kappa shape index (κ2) is 5.48. The summed E-state index contributed by atoms with van der Waals surface area (Å²) in [5.41, 5.74) is -0.872. The lowest BCUT2D eigenvalue weighted by Gasteiger charge is -2.22. The third kappa shape index (κ3) is 3.44. The Labute approximate surface area is 105 Å². The van der Waals surface area contributed by atoms with E-state index in [-0.39, 0.29) is 23.7 Å². The minimum atomic E-state index is -0.709. The van der Waals surface area contributed by atoms with Crippen LogP contribution in [-0.4, -0.2) is 30.4 Å². The van der Waals surface area contributed by atoms with Gasteiger partial charge < -0.3 is 15.6 Å². The highest BCUT2D eigenvalue weighted by Crippen LogP contribution is 2.13. The number of aromatic nitrogens is 1. The van der Waals surface area contributed by atoms with E-state index in [0.717, 1.165) is 0 Å². The van der Waals surface area contributed by atoms with Crippen LogP contribution >= 0.6 is 0 Å². The molecule has 0 atom stereocenters. The van der Waals surface area contributed by atoms with Crippen molar-refractivity contribution in [3.05, 3.63) is 34.2 Å². The first-order valence-corrected chi connectivity index (χ1v) is 5.56. The lowest BCUT2D eigenvalue weighted by Crippen LogP contribution is -2.44. The van der Waals surface area contributed by atoms with Crippen molar-refractivity contribution in [3.8, 4) is 0 Å². The van der Waals surface area contributed by atoms with Gasteiger partial charge in [-0.1, -0.05) is 6.07 Å². The number of rotatable bonds is 4. The Balaban J connectivity index is 2.67. The van der Waals surface area contributed by atoms with Crippen molar-refractivity contribution in [2.24, 2.45) is 5.41 Å². The van der Waals surface area contributed by atoms with Gasteiger partial charge in [0, 0.05) is 19.7 Å². The van der Waals surface area contributed by atoms with Crippen molar-refractivity contribution >= 4 is 11.8 Å². The minimum absolute atomic E-state index is 0.163. The van der Waals surface area contributed by atoms with Crippen molar-refractivity contribution in [1.29, 1.82) is 0 Å². The summed E-state index contributed by atoms with van der Waals surface area (Å²) in [6.07, 6.45) is 0. The maximum Gasteiger partial charge on any atom is 0.267 e. The Bertz CT molecular complexity index is 505. The van der Waals surface area contributed by atoms with E-state index in [1.165, 1.54) is 18.2 Å². The molecular weight excluding hydrogens is 234 g/mol. The molecule has 98 valence electrons. The Morgan fingerprint density at radius 1 is 1.33 bits per heavy atom. The van der Waals surface area contributed by atoms with Crippen LogP contribution in [0.4, 0.5) is 0 Å². The first kappa shape index (κ1) is 14.0. The zero-order valence-electron chi connectivity index (χ0n) is 10.7. The maximum atomic E-state index is 11.7. The molecule has 0 saturated heterocycles. The van der Waals surface area contributed by atoms with Crippen LogP contribution in [0.2, 0.25) is 0 Å². The van der Waals surface area contributed by atoms with Gasteiger partial charge in [0.1, 0.15) is 5.69 Å². The summed E-state index contributed by atoms with van der Waals surface area (Å²) in [4.78, 5) is 36.7. The molecule has 3 N–H and O–H groups in total. The first-order valence-electron chi connectivity index (χ1n) is 5.56. The zero-order chi connectivity index (χ0) is 13.8. The quantitative estimate of drug-likeness (QED) is 0.696. The summed E-state index contributed by atoms with van der Waals surface area (Å²) in [5, 5.41) is 5.14. The SMILES string of the molecule is CNC(=O)C(C)(C)CNC(=O)c1cccc(=O)[nH]1. The molecule has 0 aliphatic carbocycles. The zero-order valence-corrected chi connectivity index (χ0v) is 10.7. The molecule has 0 bridgehead atoms. The van der Waals surface area contributed by atoms with E-state index < -0.39 is 11.3 Å². The van der Waals surface area contributed by atoms with Crippen molar-refractivity contribution in [3.63, 3.8) is 0 Å². The second-order valence-corrected chi connectivity index (χ2v) is 4.57. The third-order valence-corrected chi connectivity index (χ3v) is 2.55. The molecule has 0 fully saturated rings. The lowest BCUT2D eigenvalue weighted by molar-refractivity contribution is -0.128. The van der Waals surface area contributed by atoms with Gasteiger partial charge in [0.25, 0.3) is 5.91 Å². The van der Waals surface area contributed by atoms with Gasteiger partial charge in [0.05, 0.1) is 5.41 Å². The van der Waals surface area contributed by atoms with Crippen LogP contribution in [0.25, 0.3) is 0 Å². The number of amides is 2. The molecule has 0 unspecified atom stereocenters. The normalized spacial score (nSPS) is 10.8. The van der Waals surface area contributed by atoms with E-state index in [9.17, 15) is 14.4 Å². The van der Waals surface area contributed by atoms with Gasteiger partial charge in [-0.15, -0.1) is 0 Å². The molecule has 0 radical (unpaired) electrons. The molecule has 0 saturated carbocycles. The fraction of sp³-hybridized carbons (Fsp3) is 0.417. The molecule has 1 rings (SSSR count). The van der Waals surface area contributed by atoms with Crippen molar-refractivity contribution < 1.29 is 9.59 Å². The predicted molar refractivity (Wildman–Crippen MR) is 67.2 cm³/mol. The Kier molecular flexibility index (Phi) is 4.25. The number of carbonyl (C=O) groups is 2. The molecule has 6 nitrogen and oxygen atoms in total. The van der Waals surface area contributed by atoms with Gasteiger partial charge in [-0.25, -0.2) is 0 Å². The summed E-state index contributed by atoms with van der Waals surface area (Å²) >= 11 is 0. The number of aromatic amines is 1. The van der Waals surface area contributed by atoms with Crippen molar-refractivity contribution in [1.82, 2.24) is 15.6 Å². The Hall–Kier alpha value is -2.11. The predicted octanol–water partition coefficient (Wildman–Crippen LogP) is -0.123. The van der Waals surface area contributed by atoms with Crippen LogP contribution in [0.5, 0.6) is 0 Å². The van der Waals surface area contributed by atoms with E-state index in [2.05, 4.69) is 15.6 Å². The monoisotopic (exact) mass is 251 g/mol. The molecule has 0 spiro atoms. The van der Waals surface area contributed by atoms with Crippen molar-refractivity contribution in [2.45, 2.75) is 13.8 Å². The van der Waals surface area contributed by atoms with E-state index in [1.807, 2.05) is 0 Å². The third-order valence-electron chi connectivity index (χ3n) is 2.55. The molecule has 0 aliphatic heterocycles. The molecule has 1 aromatic heterocycles. The molecule has 2 amide bonds. The van der Waals surface area contributed by atoms with Crippen LogP contribution in [0.15, 0.2) is 23.0 Å². The van der Waals surface area contributed by atoms with Crippen LogP contribution in [0.3, 0.4) is 0 Å². The van der Waals surface area contributed by atoms with Gasteiger partial charge in [0.2, 0.25) is 11.5 Å². The lowest BCUT2D eigenvalue weighted by atomic mass is 9.92. The fourth-order valence-corrected chi connectivity index (χ4v) is 1.40. The van der Waals surface area contributed by atoms with Gasteiger partial charge in [-0.05, 0) is 19.9 Å². The minimum Gasteiger partial charge on any atom is -0.359 e. The molecule has 18 heavy (non-hydrogen) atoms. The average molecular weight is 251 g/mol. The highest BCUT2D eigenvalue weighted by Gasteiger charge is 2.27. The van der Waals surface area contributed by atoms with Gasteiger partial charge >= 0.3 is 0 Å². The molecule has 0 aliphatic rings. The molecule has 0 aromatic carbocycles. The maximum absolute atomic E-state index is 11.7. The number of nitrogens with one attached hydrogen (secondary N) is 3. The number of hydrogen-bond donors (Lipinski definition) is 3. The summed E-state index contributed by atoms with van der Waals surface area (Å²) in [7, 11) is 1.54. The number of hydrogen-bond acceptors (Lipinski definition) is 3. The van der Waals surface area contributed by atoms with E-state index in [1.54, 1.807) is 20.9 Å². The molecular formula is C12H17N3O3. The highest BCUT2D eigenvalue weighted by atomic mass is 16.2. The Morgan fingerprint density at radius 2 is 2.00 bits per heavy atom. The fourth-order valence-electron chi connectivity index (χ4n) is 1.40. The summed E-state index contributed by atoms with van der Waals surface area (Å²) < 4.78 is 0. The standard InChI is InChI=1S/C12H17N3O3/c1-12(2,11(18)13-3)7-14-10(17)8-5-4-6-9(16)15-8/h4-6H,7H2,1-3H3,(H,13,18)(H,14,17)(H,15,16). The highest BCUT2D eigenvalue weighted by molar-refractivity contribution is 5.92. The summed E-state index contributed by atoms with van der Waals surface area (Å²) in [5.74, 6) is -0.575. The van der Waals surface area contributed by atoms with Gasteiger partial charge in [-0.3, -0.25) is 14.4 Å². The number of pyridine rings is 1. The molecule has 1 heterocycles. The van der Waals surface area contributed by atoms with Crippen LogP contribution in [0, 0.1) is 5.41 Å². The Morgan fingerprint density at radius 3 is 2.56 bits per heavy atom. The van der Waals surface area contributed by atoms with Crippen molar-refractivity contribution in [2.75, 3.05) is 13.6 Å². The smallest absolute Gasteiger partial charge is 0.267 e. The van der Waals surface area contributed by atoms with Crippen LogP contribution < -0.4 is 16.2 Å².